The van der Waals surface area contributed by atoms with Crippen LogP contribution in [0.15, 0.2) is 30.4 Å². The lowest BCUT2D eigenvalue weighted by Gasteiger charge is -2.18. The fraction of sp³-hybridized carbons (Fsp3) is 0.556. The standard InChI is InChI=1S/C18H24O.H2/c1-14-12-17(19-13-15-8-9-15)10-11-18(14)16-6-4-2-3-5-7-16;/h2-3,10-12,15-16H,4-9,13H2,1H3;1H. The van der Waals surface area contributed by atoms with Crippen LogP contribution in [0.25, 0.3) is 0 Å². The molecule has 0 radical (unpaired) electrons. The first-order valence-electron chi connectivity index (χ1n) is 7.71. The molecule has 0 saturated heterocycles. The van der Waals surface area contributed by atoms with E-state index in [4.69, 9.17) is 4.74 Å². The van der Waals surface area contributed by atoms with Crippen LogP contribution in [0.1, 0.15) is 57.0 Å². The van der Waals surface area contributed by atoms with Crippen molar-refractivity contribution in [2.45, 2.75) is 51.4 Å². The first kappa shape index (κ1) is 12.8. The second-order valence-electron chi connectivity index (χ2n) is 6.10. The number of rotatable bonds is 4. The van der Waals surface area contributed by atoms with E-state index < -0.39 is 0 Å². The maximum Gasteiger partial charge on any atom is 0.119 e. The van der Waals surface area contributed by atoms with E-state index in [-0.39, 0.29) is 1.43 Å². The van der Waals surface area contributed by atoms with Crippen molar-refractivity contribution in [2.75, 3.05) is 6.61 Å². The molecule has 0 aromatic heterocycles. The van der Waals surface area contributed by atoms with E-state index in [1.807, 2.05) is 0 Å². The van der Waals surface area contributed by atoms with Crippen molar-refractivity contribution in [3.63, 3.8) is 0 Å². The third kappa shape index (κ3) is 3.40. The number of ether oxygens (including phenoxy) is 1. The average molecular weight is 258 g/mol. The van der Waals surface area contributed by atoms with Crippen LogP contribution < -0.4 is 4.74 Å². The first-order chi connectivity index (χ1) is 9.33. The van der Waals surface area contributed by atoms with E-state index in [2.05, 4.69) is 37.3 Å². The number of aryl methyl sites for hydroxylation is 1. The predicted molar refractivity (Wildman–Crippen MR) is 81.9 cm³/mol. The van der Waals surface area contributed by atoms with Gasteiger partial charge in [0.15, 0.2) is 0 Å². The molecule has 1 aromatic carbocycles. The summed E-state index contributed by atoms with van der Waals surface area (Å²) in [6.07, 6.45) is 12.4. The van der Waals surface area contributed by atoms with Gasteiger partial charge in [0.05, 0.1) is 6.61 Å². The van der Waals surface area contributed by atoms with Crippen LogP contribution in [0, 0.1) is 12.8 Å². The van der Waals surface area contributed by atoms with Gasteiger partial charge in [-0.05, 0) is 80.5 Å². The summed E-state index contributed by atoms with van der Waals surface area (Å²) in [7, 11) is 0. The van der Waals surface area contributed by atoms with Crippen LogP contribution in [-0.2, 0) is 0 Å². The average Bonchev–Trinajstić information content (AvgIpc) is 3.24. The Morgan fingerprint density at radius 2 is 1.84 bits per heavy atom. The Balaban J connectivity index is 0.00000147. The zero-order valence-electron chi connectivity index (χ0n) is 11.9. The zero-order chi connectivity index (χ0) is 13.1. The fourth-order valence-corrected chi connectivity index (χ4v) is 2.98. The van der Waals surface area contributed by atoms with E-state index in [0.29, 0.717) is 0 Å². The van der Waals surface area contributed by atoms with Gasteiger partial charge in [0, 0.05) is 1.43 Å². The highest BCUT2D eigenvalue weighted by molar-refractivity contribution is 5.37. The van der Waals surface area contributed by atoms with Crippen molar-refractivity contribution in [2.24, 2.45) is 5.92 Å². The smallest absolute Gasteiger partial charge is 0.119 e. The third-order valence-electron chi connectivity index (χ3n) is 4.39. The van der Waals surface area contributed by atoms with Gasteiger partial charge < -0.3 is 4.74 Å². The van der Waals surface area contributed by atoms with Gasteiger partial charge in [-0.2, -0.15) is 0 Å². The van der Waals surface area contributed by atoms with Gasteiger partial charge in [-0.25, -0.2) is 0 Å². The monoisotopic (exact) mass is 258 g/mol. The molecule has 0 aliphatic heterocycles. The highest BCUT2D eigenvalue weighted by Gasteiger charge is 2.22. The number of allylic oxidation sites excluding steroid dienone is 2. The summed E-state index contributed by atoms with van der Waals surface area (Å²) in [4.78, 5) is 0. The van der Waals surface area contributed by atoms with Gasteiger partial charge in [0.25, 0.3) is 0 Å². The van der Waals surface area contributed by atoms with E-state index in [9.17, 15) is 0 Å². The van der Waals surface area contributed by atoms with Crippen LogP contribution in [0.3, 0.4) is 0 Å². The summed E-state index contributed by atoms with van der Waals surface area (Å²) < 4.78 is 5.87. The van der Waals surface area contributed by atoms with E-state index in [1.165, 1.54) is 49.7 Å². The minimum atomic E-state index is 0. The van der Waals surface area contributed by atoms with Crippen LogP contribution in [0.4, 0.5) is 0 Å². The minimum absolute atomic E-state index is 0. The molecule has 0 N–H and O–H groups in total. The Hall–Kier alpha value is -1.24. The molecule has 104 valence electrons. The molecular weight excluding hydrogens is 232 g/mol. The van der Waals surface area contributed by atoms with Gasteiger partial charge in [0.2, 0.25) is 0 Å². The molecule has 1 aromatic rings. The molecular formula is C18H26O. The fourth-order valence-electron chi connectivity index (χ4n) is 2.98. The second-order valence-corrected chi connectivity index (χ2v) is 6.10. The molecule has 2 aliphatic rings. The van der Waals surface area contributed by atoms with E-state index in [0.717, 1.165) is 24.2 Å². The maximum absolute atomic E-state index is 5.87. The summed E-state index contributed by atoms with van der Waals surface area (Å²) in [6, 6.07) is 6.70. The minimum Gasteiger partial charge on any atom is -0.493 e. The molecule has 0 amide bonds. The summed E-state index contributed by atoms with van der Waals surface area (Å²) >= 11 is 0. The first-order valence-corrected chi connectivity index (χ1v) is 7.71. The summed E-state index contributed by atoms with van der Waals surface area (Å²) in [6.45, 7) is 3.14. The molecule has 0 heterocycles. The zero-order valence-corrected chi connectivity index (χ0v) is 11.9. The topological polar surface area (TPSA) is 9.23 Å². The van der Waals surface area contributed by atoms with Gasteiger partial charge >= 0.3 is 0 Å². The van der Waals surface area contributed by atoms with Crippen molar-refractivity contribution in [3.8, 4) is 5.75 Å². The number of benzene rings is 1. The van der Waals surface area contributed by atoms with Crippen molar-refractivity contribution in [1.29, 1.82) is 0 Å². The highest BCUT2D eigenvalue weighted by atomic mass is 16.5. The largest absolute Gasteiger partial charge is 0.493 e. The number of hydrogen-bond acceptors (Lipinski definition) is 1. The Bertz CT molecular complexity index is 452. The van der Waals surface area contributed by atoms with Gasteiger partial charge in [-0.3, -0.25) is 0 Å². The van der Waals surface area contributed by atoms with Gasteiger partial charge in [-0.1, -0.05) is 18.2 Å². The van der Waals surface area contributed by atoms with Crippen LogP contribution in [-0.4, -0.2) is 6.61 Å². The maximum atomic E-state index is 5.87. The van der Waals surface area contributed by atoms with Crippen molar-refractivity contribution < 1.29 is 6.16 Å². The van der Waals surface area contributed by atoms with Crippen molar-refractivity contribution >= 4 is 0 Å². The molecule has 1 saturated carbocycles. The summed E-state index contributed by atoms with van der Waals surface area (Å²) in [5, 5.41) is 0. The highest BCUT2D eigenvalue weighted by Crippen LogP contribution is 2.34. The van der Waals surface area contributed by atoms with Gasteiger partial charge in [0.1, 0.15) is 5.75 Å². The van der Waals surface area contributed by atoms with Crippen LogP contribution >= 0.6 is 0 Å². The predicted octanol–water partition coefficient (Wildman–Crippen LogP) is 5.24. The molecule has 1 nitrogen and oxygen atoms in total. The van der Waals surface area contributed by atoms with Gasteiger partial charge in [-0.15, -0.1) is 0 Å². The summed E-state index contributed by atoms with van der Waals surface area (Å²) in [5.74, 6) is 2.61. The lowest BCUT2D eigenvalue weighted by molar-refractivity contribution is 0.299. The molecule has 0 bridgehead atoms. The molecule has 2 aliphatic carbocycles. The lowest BCUT2D eigenvalue weighted by atomic mass is 9.88. The normalized spacial score (nSPS) is 20.3. The van der Waals surface area contributed by atoms with E-state index in [1.54, 1.807) is 0 Å². The molecule has 0 unspecified atom stereocenters. The molecule has 1 heteroatoms. The van der Waals surface area contributed by atoms with Crippen molar-refractivity contribution in [3.05, 3.63) is 41.5 Å². The summed E-state index contributed by atoms with van der Waals surface area (Å²) in [5.41, 5.74) is 2.93. The molecule has 19 heavy (non-hydrogen) atoms. The quantitative estimate of drug-likeness (QED) is 0.671. The lowest BCUT2D eigenvalue weighted by Crippen LogP contribution is -2.03. The Labute approximate surface area is 118 Å². The second kappa shape index (κ2) is 5.81. The molecule has 0 atom stereocenters. The van der Waals surface area contributed by atoms with E-state index >= 15 is 0 Å². The third-order valence-corrected chi connectivity index (χ3v) is 4.39. The van der Waals surface area contributed by atoms with Crippen molar-refractivity contribution in [1.82, 2.24) is 0 Å². The molecule has 3 rings (SSSR count). The molecule has 1 fully saturated rings. The van der Waals surface area contributed by atoms with Crippen LogP contribution in [0.5, 0.6) is 5.75 Å². The Morgan fingerprint density at radius 1 is 1.11 bits per heavy atom. The number of hydrogen-bond donors (Lipinski definition) is 0. The Morgan fingerprint density at radius 3 is 2.47 bits per heavy atom. The molecule has 0 spiro atoms. The SMILES string of the molecule is Cc1cc(OCC2CC2)ccc1C1CCC=CCC1.[HH]. The Kier molecular flexibility index (Phi) is 3.91. The van der Waals surface area contributed by atoms with Crippen LogP contribution in [0.2, 0.25) is 0 Å².